The Morgan fingerprint density at radius 2 is 2.08 bits per heavy atom. The molecule has 6 heteroatoms. The molecular formula is C18H17NO5. The van der Waals surface area contributed by atoms with E-state index in [1.165, 1.54) is 0 Å². The van der Waals surface area contributed by atoms with Crippen molar-refractivity contribution >= 4 is 23.3 Å². The Balaban J connectivity index is 1.51. The standard InChI is InChI=1S/C18H17NO5/c20-16(11-24-18(22)8-5-14-2-1-9-23-14)13-3-6-15-12(10-13)4-7-17(21)19-15/h1-3,6,9-10H,4-5,7-8,11H2,(H,19,21). The third kappa shape index (κ3) is 3.90. The summed E-state index contributed by atoms with van der Waals surface area (Å²) in [6, 6.07) is 8.61. The predicted octanol–water partition coefficient (Wildman–Crippen LogP) is 2.52. The molecule has 24 heavy (non-hydrogen) atoms. The summed E-state index contributed by atoms with van der Waals surface area (Å²) in [6.07, 6.45) is 3.16. The van der Waals surface area contributed by atoms with Crippen LogP contribution in [0.25, 0.3) is 0 Å². The van der Waals surface area contributed by atoms with Gasteiger partial charge in [-0.05, 0) is 42.3 Å². The maximum absolute atomic E-state index is 12.1. The van der Waals surface area contributed by atoms with Crippen molar-refractivity contribution in [2.24, 2.45) is 0 Å². The van der Waals surface area contributed by atoms with E-state index < -0.39 is 5.97 Å². The number of ether oxygens (including phenoxy) is 1. The van der Waals surface area contributed by atoms with Gasteiger partial charge in [0, 0.05) is 24.1 Å². The van der Waals surface area contributed by atoms with Crippen LogP contribution in [0, 0.1) is 0 Å². The van der Waals surface area contributed by atoms with Crippen molar-refractivity contribution in [2.45, 2.75) is 25.7 Å². The van der Waals surface area contributed by atoms with Gasteiger partial charge in [-0.3, -0.25) is 14.4 Å². The predicted molar refractivity (Wildman–Crippen MR) is 85.7 cm³/mol. The fraction of sp³-hybridized carbons (Fsp3) is 0.278. The second-order valence-corrected chi connectivity index (χ2v) is 5.58. The zero-order chi connectivity index (χ0) is 16.9. The van der Waals surface area contributed by atoms with Crippen molar-refractivity contribution in [1.82, 2.24) is 0 Å². The van der Waals surface area contributed by atoms with Crippen molar-refractivity contribution in [3.63, 3.8) is 0 Å². The molecule has 6 nitrogen and oxygen atoms in total. The molecule has 0 saturated heterocycles. The quantitative estimate of drug-likeness (QED) is 0.651. The fourth-order valence-corrected chi connectivity index (χ4v) is 2.54. The van der Waals surface area contributed by atoms with E-state index in [1.54, 1.807) is 36.6 Å². The number of fused-ring (bicyclic) bond motifs is 1. The van der Waals surface area contributed by atoms with E-state index in [9.17, 15) is 14.4 Å². The number of carbonyl (C=O) groups excluding carboxylic acids is 3. The van der Waals surface area contributed by atoms with Crippen molar-refractivity contribution < 1.29 is 23.5 Å². The highest BCUT2D eigenvalue weighted by atomic mass is 16.5. The lowest BCUT2D eigenvalue weighted by Gasteiger charge is -2.17. The largest absolute Gasteiger partial charge is 0.469 e. The zero-order valence-electron chi connectivity index (χ0n) is 13.0. The lowest BCUT2D eigenvalue weighted by atomic mass is 9.99. The van der Waals surface area contributed by atoms with Crippen LogP contribution in [-0.2, 0) is 27.2 Å². The molecule has 0 atom stereocenters. The maximum atomic E-state index is 12.1. The summed E-state index contributed by atoms with van der Waals surface area (Å²) in [4.78, 5) is 35.2. The van der Waals surface area contributed by atoms with Gasteiger partial charge < -0.3 is 14.5 Å². The molecule has 0 saturated carbocycles. The number of hydrogen-bond donors (Lipinski definition) is 1. The molecule has 1 aliphatic rings. The average molecular weight is 327 g/mol. The molecule has 1 aliphatic heterocycles. The topological polar surface area (TPSA) is 85.6 Å². The second kappa shape index (κ2) is 7.12. The third-order valence-corrected chi connectivity index (χ3v) is 3.84. The van der Waals surface area contributed by atoms with Gasteiger partial charge in [0.1, 0.15) is 5.76 Å². The molecule has 0 aliphatic carbocycles. The SMILES string of the molecule is O=C1CCc2cc(C(=O)COC(=O)CCc3ccco3)ccc2N1. The van der Waals surface area contributed by atoms with E-state index >= 15 is 0 Å². The number of carbonyl (C=O) groups is 3. The van der Waals surface area contributed by atoms with Crippen LogP contribution in [0.3, 0.4) is 0 Å². The molecule has 1 N–H and O–H groups in total. The molecule has 2 heterocycles. The molecule has 0 unspecified atom stereocenters. The second-order valence-electron chi connectivity index (χ2n) is 5.58. The molecule has 0 spiro atoms. The maximum Gasteiger partial charge on any atom is 0.306 e. The Bertz CT molecular complexity index is 764. The number of hydrogen-bond acceptors (Lipinski definition) is 5. The summed E-state index contributed by atoms with van der Waals surface area (Å²) in [6.45, 7) is -0.290. The van der Waals surface area contributed by atoms with Gasteiger partial charge in [0.15, 0.2) is 12.4 Å². The highest BCUT2D eigenvalue weighted by Crippen LogP contribution is 2.23. The Morgan fingerprint density at radius 3 is 2.88 bits per heavy atom. The molecule has 0 bridgehead atoms. The fourth-order valence-electron chi connectivity index (χ4n) is 2.54. The number of amides is 1. The first-order valence-corrected chi connectivity index (χ1v) is 7.76. The van der Waals surface area contributed by atoms with Crippen molar-refractivity contribution in [3.8, 4) is 0 Å². The Morgan fingerprint density at radius 1 is 1.21 bits per heavy atom. The van der Waals surface area contributed by atoms with Crippen LogP contribution in [0.1, 0.15) is 34.5 Å². The lowest BCUT2D eigenvalue weighted by Crippen LogP contribution is -2.20. The molecule has 1 amide bonds. The van der Waals surface area contributed by atoms with Gasteiger partial charge in [0.2, 0.25) is 5.91 Å². The van der Waals surface area contributed by atoms with E-state index in [2.05, 4.69) is 5.32 Å². The molecule has 3 rings (SSSR count). The van der Waals surface area contributed by atoms with Crippen LogP contribution < -0.4 is 5.32 Å². The summed E-state index contributed by atoms with van der Waals surface area (Å²) < 4.78 is 10.2. The number of ketones is 1. The number of benzene rings is 1. The summed E-state index contributed by atoms with van der Waals surface area (Å²) in [7, 11) is 0. The Hall–Kier alpha value is -2.89. The summed E-state index contributed by atoms with van der Waals surface area (Å²) in [5.74, 6) is -0.0203. The van der Waals surface area contributed by atoms with Gasteiger partial charge in [-0.1, -0.05) is 0 Å². The van der Waals surface area contributed by atoms with Gasteiger partial charge in [0.05, 0.1) is 12.7 Å². The summed E-state index contributed by atoms with van der Waals surface area (Å²) >= 11 is 0. The van der Waals surface area contributed by atoms with Crippen LogP contribution >= 0.6 is 0 Å². The van der Waals surface area contributed by atoms with Gasteiger partial charge in [-0.25, -0.2) is 0 Å². The first kappa shape index (κ1) is 16.0. The van der Waals surface area contributed by atoms with Gasteiger partial charge in [-0.15, -0.1) is 0 Å². The van der Waals surface area contributed by atoms with E-state index in [1.807, 2.05) is 0 Å². The lowest BCUT2D eigenvalue weighted by molar-refractivity contribution is -0.142. The van der Waals surface area contributed by atoms with Crippen molar-refractivity contribution in [3.05, 3.63) is 53.5 Å². The average Bonchev–Trinajstić information content (AvgIpc) is 3.11. The molecule has 1 aromatic carbocycles. The number of nitrogens with one attached hydrogen (secondary N) is 1. The Labute approximate surface area is 138 Å². The van der Waals surface area contributed by atoms with Gasteiger partial charge in [-0.2, -0.15) is 0 Å². The van der Waals surface area contributed by atoms with E-state index in [0.29, 0.717) is 30.6 Å². The van der Waals surface area contributed by atoms with Crippen LogP contribution in [0.4, 0.5) is 5.69 Å². The molecule has 0 fully saturated rings. The van der Waals surface area contributed by atoms with Crippen molar-refractivity contribution in [2.75, 3.05) is 11.9 Å². The normalized spacial score (nSPS) is 13.1. The molecular weight excluding hydrogens is 310 g/mol. The smallest absolute Gasteiger partial charge is 0.306 e. The highest BCUT2D eigenvalue weighted by molar-refractivity contribution is 6.00. The van der Waals surface area contributed by atoms with E-state index in [-0.39, 0.29) is 24.7 Å². The zero-order valence-corrected chi connectivity index (χ0v) is 13.0. The monoisotopic (exact) mass is 327 g/mol. The summed E-state index contributed by atoms with van der Waals surface area (Å²) in [5, 5.41) is 2.76. The number of rotatable bonds is 6. The summed E-state index contributed by atoms with van der Waals surface area (Å²) in [5.41, 5.74) is 2.13. The van der Waals surface area contributed by atoms with Gasteiger partial charge in [0.25, 0.3) is 0 Å². The number of esters is 1. The van der Waals surface area contributed by atoms with Crippen molar-refractivity contribution in [1.29, 1.82) is 0 Å². The molecule has 1 aromatic heterocycles. The van der Waals surface area contributed by atoms with Crippen LogP contribution in [0.15, 0.2) is 41.0 Å². The first-order valence-electron chi connectivity index (χ1n) is 7.76. The molecule has 2 aromatic rings. The molecule has 124 valence electrons. The number of anilines is 1. The molecule has 0 radical (unpaired) electrons. The number of Topliss-reactive ketones (excluding diaryl/α,β-unsaturated/α-hetero) is 1. The van der Waals surface area contributed by atoms with E-state index in [0.717, 1.165) is 11.3 Å². The minimum absolute atomic E-state index is 0.0212. The van der Waals surface area contributed by atoms with Crippen LogP contribution in [0.5, 0.6) is 0 Å². The number of furan rings is 1. The van der Waals surface area contributed by atoms with Gasteiger partial charge >= 0.3 is 5.97 Å². The van der Waals surface area contributed by atoms with Crippen LogP contribution in [0.2, 0.25) is 0 Å². The first-order chi connectivity index (χ1) is 11.6. The minimum Gasteiger partial charge on any atom is -0.469 e. The third-order valence-electron chi connectivity index (χ3n) is 3.84. The minimum atomic E-state index is -0.440. The Kier molecular flexibility index (Phi) is 4.74. The number of aryl methyl sites for hydroxylation is 2. The van der Waals surface area contributed by atoms with Crippen LogP contribution in [-0.4, -0.2) is 24.3 Å². The highest BCUT2D eigenvalue weighted by Gasteiger charge is 2.17. The van der Waals surface area contributed by atoms with E-state index in [4.69, 9.17) is 9.15 Å².